The Morgan fingerprint density at radius 2 is 1.50 bits per heavy atom. The van der Waals surface area contributed by atoms with Crippen molar-refractivity contribution in [3.8, 4) is 0 Å². The zero-order chi connectivity index (χ0) is 17.5. The number of hydrogen-bond acceptors (Lipinski definition) is 6. The Hall–Kier alpha value is -2.29. The van der Waals surface area contributed by atoms with Crippen LogP contribution in [0, 0.1) is 0 Å². The zero-order valence-electron chi connectivity index (χ0n) is 12.5. The summed E-state index contributed by atoms with van der Waals surface area (Å²) in [5, 5.41) is 27.4. The van der Waals surface area contributed by atoms with Gasteiger partial charge in [0.15, 0.2) is 0 Å². The maximum Gasteiger partial charge on any atom is 0.326 e. The number of unbranched alkanes of at least 4 members (excludes halogenated alkanes) is 1. The van der Waals surface area contributed by atoms with Gasteiger partial charge in [-0.25, -0.2) is 4.79 Å². The monoisotopic (exact) mass is 319 g/mol. The second-order valence-corrected chi connectivity index (χ2v) is 4.49. The topological polar surface area (TPSA) is 176 Å². The molecule has 0 aliphatic carbocycles. The third-order valence-corrected chi connectivity index (χ3v) is 2.39. The average Bonchev–Trinajstić information content (AvgIpc) is 2.37. The molecule has 128 valence electrons. The molecular weight excluding hydrogens is 294 g/mol. The molecule has 0 saturated carbocycles. The molecule has 0 heterocycles. The molecule has 1 atom stereocenters. The quantitative estimate of drug-likeness (QED) is 0.284. The summed E-state index contributed by atoms with van der Waals surface area (Å²) >= 11 is 0. The van der Waals surface area contributed by atoms with Crippen LogP contribution < -0.4 is 16.8 Å². The number of nitrogens with one attached hydrogen (secondary N) is 1. The second kappa shape index (κ2) is 13.7. The van der Waals surface area contributed by atoms with Gasteiger partial charge in [0.05, 0.1) is 5.82 Å². The summed E-state index contributed by atoms with van der Waals surface area (Å²) in [6.45, 7) is 3.96. The van der Waals surface area contributed by atoms with Crippen LogP contribution in [-0.4, -0.2) is 45.8 Å². The Bertz CT molecular complexity index is 359. The molecule has 0 rings (SSSR count). The van der Waals surface area contributed by atoms with E-state index in [-0.39, 0.29) is 25.1 Å². The van der Waals surface area contributed by atoms with E-state index in [2.05, 4.69) is 11.9 Å². The summed E-state index contributed by atoms with van der Waals surface area (Å²) in [5.74, 6) is -2.63. The molecule has 0 aliphatic rings. The molecule has 9 nitrogen and oxygen atoms in total. The molecule has 0 saturated heterocycles. The van der Waals surface area contributed by atoms with Gasteiger partial charge in [0.2, 0.25) is 0 Å². The highest BCUT2D eigenvalue weighted by molar-refractivity contribution is 5.73. The van der Waals surface area contributed by atoms with Crippen LogP contribution in [0.4, 0.5) is 0 Å². The normalized spacial score (nSPS) is 10.8. The van der Waals surface area contributed by atoms with E-state index < -0.39 is 23.9 Å². The van der Waals surface area contributed by atoms with Gasteiger partial charge in [-0.05, 0) is 32.2 Å². The SMILES string of the molecule is C=C(N)NC(CCCCN)C(=O)O.O=C(O)CCCC(=O)O. The Morgan fingerprint density at radius 1 is 1.00 bits per heavy atom. The number of carboxylic acid groups (broad SMARTS) is 3. The highest BCUT2D eigenvalue weighted by Crippen LogP contribution is 2.01. The smallest absolute Gasteiger partial charge is 0.326 e. The van der Waals surface area contributed by atoms with Crippen LogP contribution in [0.3, 0.4) is 0 Å². The van der Waals surface area contributed by atoms with Crippen LogP contribution >= 0.6 is 0 Å². The van der Waals surface area contributed by atoms with Gasteiger partial charge in [-0.3, -0.25) is 9.59 Å². The Balaban J connectivity index is 0. The summed E-state index contributed by atoms with van der Waals surface area (Å²) in [6, 6.07) is -0.649. The van der Waals surface area contributed by atoms with Crippen LogP contribution in [0.1, 0.15) is 38.5 Å². The summed E-state index contributed by atoms with van der Waals surface area (Å²) < 4.78 is 0. The van der Waals surface area contributed by atoms with Gasteiger partial charge in [-0.1, -0.05) is 6.58 Å². The highest BCUT2D eigenvalue weighted by atomic mass is 16.4. The first-order chi connectivity index (χ1) is 10.2. The first kappa shape index (κ1) is 22.0. The summed E-state index contributed by atoms with van der Waals surface area (Å²) in [4.78, 5) is 30.2. The number of hydrogen-bond donors (Lipinski definition) is 6. The predicted octanol–water partition coefficient (Wildman–Crippen LogP) is -0.0860. The van der Waals surface area contributed by atoms with Crippen LogP contribution in [0.25, 0.3) is 0 Å². The van der Waals surface area contributed by atoms with Crippen LogP contribution in [0.5, 0.6) is 0 Å². The average molecular weight is 319 g/mol. The number of nitrogens with two attached hydrogens (primary N) is 2. The summed E-state index contributed by atoms with van der Waals surface area (Å²) in [6.07, 6.45) is 2.20. The first-order valence-corrected chi connectivity index (χ1v) is 6.78. The molecule has 0 amide bonds. The van der Waals surface area contributed by atoms with Crippen molar-refractivity contribution in [2.75, 3.05) is 6.54 Å². The molecule has 0 spiro atoms. The molecule has 1 unspecified atom stereocenters. The van der Waals surface area contributed by atoms with Gasteiger partial charge in [0.1, 0.15) is 6.04 Å². The zero-order valence-corrected chi connectivity index (χ0v) is 12.5. The Kier molecular flexibility index (Phi) is 13.7. The number of aliphatic carboxylic acids is 3. The predicted molar refractivity (Wildman–Crippen MR) is 79.9 cm³/mol. The van der Waals surface area contributed by atoms with E-state index in [1.165, 1.54) is 0 Å². The Morgan fingerprint density at radius 3 is 1.82 bits per heavy atom. The van der Waals surface area contributed by atoms with Crippen molar-refractivity contribution in [2.45, 2.75) is 44.6 Å². The van der Waals surface area contributed by atoms with Crippen LogP contribution in [0.15, 0.2) is 12.4 Å². The summed E-state index contributed by atoms with van der Waals surface area (Å²) in [7, 11) is 0. The standard InChI is InChI=1S/C8H17N3O2.C5H8O4/c1-6(10)11-7(8(12)13)4-2-3-5-9;6-4(7)2-1-3-5(8)9/h7,11H,1-5,9-10H2,(H,12,13);1-3H2,(H,6,7)(H,8,9). The maximum atomic E-state index is 10.6. The van der Waals surface area contributed by atoms with Crippen molar-refractivity contribution in [3.05, 3.63) is 12.4 Å². The van der Waals surface area contributed by atoms with Gasteiger partial charge in [-0.15, -0.1) is 0 Å². The molecule has 0 aliphatic heterocycles. The third kappa shape index (κ3) is 17.7. The van der Waals surface area contributed by atoms with Gasteiger partial charge in [0.25, 0.3) is 0 Å². The van der Waals surface area contributed by atoms with E-state index in [4.69, 9.17) is 26.8 Å². The fraction of sp³-hybridized carbons (Fsp3) is 0.615. The van der Waals surface area contributed by atoms with Crippen molar-refractivity contribution in [1.82, 2.24) is 5.32 Å². The van der Waals surface area contributed by atoms with Crippen molar-refractivity contribution < 1.29 is 29.7 Å². The van der Waals surface area contributed by atoms with Gasteiger partial charge in [0, 0.05) is 12.8 Å². The molecule has 22 heavy (non-hydrogen) atoms. The van der Waals surface area contributed by atoms with E-state index >= 15 is 0 Å². The fourth-order valence-electron chi connectivity index (χ4n) is 1.36. The molecule has 8 N–H and O–H groups in total. The third-order valence-electron chi connectivity index (χ3n) is 2.39. The van der Waals surface area contributed by atoms with Crippen LogP contribution in [-0.2, 0) is 14.4 Å². The molecule has 0 aromatic rings. The number of carboxylic acids is 3. The molecule has 0 fully saturated rings. The molecule has 0 bridgehead atoms. The van der Waals surface area contributed by atoms with Crippen molar-refractivity contribution >= 4 is 17.9 Å². The maximum absolute atomic E-state index is 10.6. The lowest BCUT2D eigenvalue weighted by Crippen LogP contribution is -2.38. The minimum atomic E-state index is -0.948. The summed E-state index contributed by atoms with van der Waals surface area (Å²) in [5.41, 5.74) is 10.5. The van der Waals surface area contributed by atoms with E-state index in [0.29, 0.717) is 13.0 Å². The van der Waals surface area contributed by atoms with E-state index in [9.17, 15) is 14.4 Å². The molecular formula is C13H25N3O6. The van der Waals surface area contributed by atoms with Crippen molar-refractivity contribution in [2.24, 2.45) is 11.5 Å². The van der Waals surface area contributed by atoms with Gasteiger partial charge >= 0.3 is 17.9 Å². The first-order valence-electron chi connectivity index (χ1n) is 6.78. The van der Waals surface area contributed by atoms with Gasteiger partial charge in [-0.2, -0.15) is 0 Å². The van der Waals surface area contributed by atoms with Crippen molar-refractivity contribution in [1.29, 1.82) is 0 Å². The number of rotatable bonds is 11. The molecule has 0 aromatic heterocycles. The second-order valence-electron chi connectivity index (χ2n) is 4.49. The van der Waals surface area contributed by atoms with E-state index in [0.717, 1.165) is 12.8 Å². The molecule has 9 heteroatoms. The Labute approximate surface area is 129 Å². The highest BCUT2D eigenvalue weighted by Gasteiger charge is 2.15. The molecule has 0 radical (unpaired) electrons. The fourth-order valence-corrected chi connectivity index (χ4v) is 1.36. The van der Waals surface area contributed by atoms with Crippen molar-refractivity contribution in [3.63, 3.8) is 0 Å². The lowest BCUT2D eigenvalue weighted by atomic mass is 10.1. The van der Waals surface area contributed by atoms with E-state index in [1.54, 1.807) is 0 Å². The van der Waals surface area contributed by atoms with Gasteiger partial charge < -0.3 is 32.1 Å². The minimum Gasteiger partial charge on any atom is -0.481 e. The number of carbonyl (C=O) groups is 3. The largest absolute Gasteiger partial charge is 0.481 e. The van der Waals surface area contributed by atoms with Crippen LogP contribution in [0.2, 0.25) is 0 Å². The van der Waals surface area contributed by atoms with E-state index in [1.807, 2.05) is 0 Å². The lowest BCUT2D eigenvalue weighted by Gasteiger charge is -2.14. The minimum absolute atomic E-state index is 0.0632. The lowest BCUT2D eigenvalue weighted by molar-refractivity contribution is -0.140. The molecule has 0 aromatic carbocycles.